The molecular formula is C18H27N3S. The molecular weight excluding hydrogens is 290 g/mol. The van der Waals surface area contributed by atoms with Crippen LogP contribution < -0.4 is 0 Å². The van der Waals surface area contributed by atoms with Gasteiger partial charge in [-0.1, -0.05) is 38.8 Å². The lowest BCUT2D eigenvalue weighted by Crippen LogP contribution is -2.33. The van der Waals surface area contributed by atoms with Gasteiger partial charge in [0.05, 0.1) is 22.8 Å². The van der Waals surface area contributed by atoms with Crippen LogP contribution in [0, 0.1) is 0 Å². The van der Waals surface area contributed by atoms with Crippen molar-refractivity contribution in [2.45, 2.75) is 46.0 Å². The van der Waals surface area contributed by atoms with Crippen LogP contribution in [-0.4, -0.2) is 35.1 Å². The molecule has 0 spiro atoms. The van der Waals surface area contributed by atoms with E-state index in [1.54, 1.807) is 11.8 Å². The van der Waals surface area contributed by atoms with Crippen LogP contribution in [0.2, 0.25) is 0 Å². The van der Waals surface area contributed by atoms with Gasteiger partial charge in [0.15, 0.2) is 0 Å². The fourth-order valence-corrected chi connectivity index (χ4v) is 2.97. The number of thioether (sulfide) groups is 1. The summed E-state index contributed by atoms with van der Waals surface area (Å²) >= 11 is 1.73. The molecule has 1 aliphatic heterocycles. The average molecular weight is 318 g/mol. The SMILES string of the molecule is CCCCN(CCCC)C1=Nc2ccccc2N=C(SC)C1. The van der Waals surface area contributed by atoms with Crippen LogP contribution in [-0.2, 0) is 0 Å². The molecule has 2 rings (SSSR count). The van der Waals surface area contributed by atoms with E-state index in [-0.39, 0.29) is 0 Å². The molecule has 0 unspecified atom stereocenters. The standard InChI is InChI=1S/C18H27N3S/c1-4-6-12-21(13-7-5-2)17-14-18(22-3)20-16-11-9-8-10-15(16)19-17/h8-11H,4-7,12-14H2,1-3H3. The molecule has 22 heavy (non-hydrogen) atoms. The van der Waals surface area contributed by atoms with Crippen LogP contribution in [0.4, 0.5) is 11.4 Å². The van der Waals surface area contributed by atoms with Crippen LogP contribution in [0.15, 0.2) is 34.3 Å². The fraction of sp³-hybridized carbons (Fsp3) is 0.556. The van der Waals surface area contributed by atoms with Gasteiger partial charge < -0.3 is 4.90 Å². The molecule has 0 aliphatic carbocycles. The van der Waals surface area contributed by atoms with Crippen LogP contribution in [0.5, 0.6) is 0 Å². The topological polar surface area (TPSA) is 28.0 Å². The van der Waals surface area contributed by atoms with E-state index in [0.29, 0.717) is 0 Å². The van der Waals surface area contributed by atoms with E-state index in [4.69, 9.17) is 9.98 Å². The van der Waals surface area contributed by atoms with Crippen molar-refractivity contribution < 1.29 is 0 Å². The summed E-state index contributed by atoms with van der Waals surface area (Å²) in [5.41, 5.74) is 1.99. The van der Waals surface area contributed by atoms with E-state index in [0.717, 1.165) is 35.9 Å². The molecule has 4 heteroatoms. The first kappa shape index (κ1) is 17.1. The number of hydrogen-bond acceptors (Lipinski definition) is 4. The normalized spacial score (nSPS) is 14.0. The maximum absolute atomic E-state index is 4.96. The molecule has 120 valence electrons. The second kappa shape index (κ2) is 8.99. The number of rotatable bonds is 6. The Morgan fingerprint density at radius 1 is 1.00 bits per heavy atom. The van der Waals surface area contributed by atoms with Gasteiger partial charge in [0.2, 0.25) is 0 Å². The van der Waals surface area contributed by atoms with Crippen LogP contribution in [0.25, 0.3) is 0 Å². The van der Waals surface area contributed by atoms with E-state index < -0.39 is 0 Å². The predicted octanol–water partition coefficient (Wildman–Crippen LogP) is 5.42. The number of hydrogen-bond donors (Lipinski definition) is 0. The summed E-state index contributed by atoms with van der Waals surface area (Å²) in [5.74, 6) is 1.18. The molecule has 0 fully saturated rings. The third kappa shape index (κ3) is 4.60. The van der Waals surface area contributed by atoms with Crippen LogP contribution in [0.3, 0.4) is 0 Å². The van der Waals surface area contributed by atoms with Gasteiger partial charge in [-0.05, 0) is 31.2 Å². The second-order valence-electron chi connectivity index (χ2n) is 5.60. The maximum Gasteiger partial charge on any atom is 0.111 e. The van der Waals surface area contributed by atoms with Gasteiger partial charge in [-0.2, -0.15) is 0 Å². The first-order valence-corrected chi connectivity index (χ1v) is 9.54. The van der Waals surface area contributed by atoms with E-state index in [9.17, 15) is 0 Å². The second-order valence-corrected chi connectivity index (χ2v) is 6.48. The van der Waals surface area contributed by atoms with Crippen LogP contribution >= 0.6 is 11.8 Å². The molecule has 1 aromatic rings. The summed E-state index contributed by atoms with van der Waals surface area (Å²) in [4.78, 5) is 12.2. The van der Waals surface area contributed by atoms with Crippen LogP contribution in [0.1, 0.15) is 46.0 Å². The fourth-order valence-electron chi connectivity index (χ4n) is 2.51. The largest absolute Gasteiger partial charge is 0.360 e. The molecule has 1 heterocycles. The smallest absolute Gasteiger partial charge is 0.111 e. The number of nitrogens with zero attached hydrogens (tertiary/aromatic N) is 3. The molecule has 3 nitrogen and oxygen atoms in total. The monoisotopic (exact) mass is 317 g/mol. The molecule has 0 saturated heterocycles. The van der Waals surface area contributed by atoms with Gasteiger partial charge in [0, 0.05) is 13.1 Å². The van der Waals surface area contributed by atoms with Gasteiger partial charge in [0.1, 0.15) is 5.84 Å². The Kier molecular flexibility index (Phi) is 6.97. The molecule has 0 saturated carbocycles. The average Bonchev–Trinajstić information content (AvgIpc) is 2.74. The molecule has 0 aromatic heterocycles. The first-order valence-electron chi connectivity index (χ1n) is 8.31. The first-order chi connectivity index (χ1) is 10.8. The lowest BCUT2D eigenvalue weighted by molar-refractivity contribution is 0.394. The molecule has 0 atom stereocenters. The number of amidine groups is 1. The summed E-state index contributed by atoms with van der Waals surface area (Å²) in [7, 11) is 0. The lowest BCUT2D eigenvalue weighted by atomic mass is 10.2. The van der Waals surface area contributed by atoms with E-state index in [2.05, 4.69) is 37.1 Å². The highest BCUT2D eigenvalue weighted by Gasteiger charge is 2.17. The Hall–Kier alpha value is -1.29. The number of benzene rings is 1. The highest BCUT2D eigenvalue weighted by atomic mass is 32.2. The van der Waals surface area contributed by atoms with Crippen molar-refractivity contribution in [1.29, 1.82) is 0 Å². The van der Waals surface area contributed by atoms with Gasteiger partial charge in [-0.3, -0.25) is 0 Å². The zero-order chi connectivity index (χ0) is 15.8. The highest BCUT2D eigenvalue weighted by molar-refractivity contribution is 8.13. The molecule has 0 radical (unpaired) electrons. The Balaban J connectivity index is 2.30. The minimum atomic E-state index is 0.850. The quantitative estimate of drug-likeness (QED) is 0.701. The van der Waals surface area contributed by atoms with Crippen molar-refractivity contribution in [3.8, 4) is 0 Å². The van der Waals surface area contributed by atoms with E-state index in [1.165, 1.54) is 31.5 Å². The summed E-state index contributed by atoms with van der Waals surface area (Å²) in [6.45, 7) is 6.69. The molecule has 1 aliphatic rings. The third-order valence-electron chi connectivity index (χ3n) is 3.85. The van der Waals surface area contributed by atoms with Crippen molar-refractivity contribution >= 4 is 34.0 Å². The molecule has 0 amide bonds. The molecule has 0 N–H and O–H groups in total. The molecule has 1 aromatic carbocycles. The Morgan fingerprint density at radius 2 is 1.59 bits per heavy atom. The van der Waals surface area contributed by atoms with Gasteiger partial charge >= 0.3 is 0 Å². The van der Waals surface area contributed by atoms with Gasteiger partial charge in [-0.15, -0.1) is 11.8 Å². The number of fused-ring (bicyclic) bond motifs is 1. The summed E-state index contributed by atoms with van der Waals surface area (Å²) < 4.78 is 0. The third-order valence-corrected chi connectivity index (χ3v) is 4.56. The zero-order valence-corrected chi connectivity index (χ0v) is 14.8. The number of aliphatic imine (C=N–C) groups is 2. The summed E-state index contributed by atoms with van der Waals surface area (Å²) in [5, 5.41) is 1.15. The summed E-state index contributed by atoms with van der Waals surface area (Å²) in [6, 6.07) is 8.20. The predicted molar refractivity (Wildman–Crippen MR) is 100 cm³/mol. The summed E-state index contributed by atoms with van der Waals surface area (Å²) in [6.07, 6.45) is 7.83. The minimum Gasteiger partial charge on any atom is -0.360 e. The van der Waals surface area contributed by atoms with Crippen molar-refractivity contribution in [1.82, 2.24) is 4.90 Å². The van der Waals surface area contributed by atoms with E-state index >= 15 is 0 Å². The van der Waals surface area contributed by atoms with Gasteiger partial charge in [0.25, 0.3) is 0 Å². The number of para-hydroxylation sites is 2. The maximum atomic E-state index is 4.96. The van der Waals surface area contributed by atoms with E-state index in [1.807, 2.05) is 12.1 Å². The Bertz CT molecular complexity index is 529. The van der Waals surface area contributed by atoms with Crippen molar-refractivity contribution in [2.75, 3.05) is 19.3 Å². The van der Waals surface area contributed by atoms with Crippen molar-refractivity contribution in [3.63, 3.8) is 0 Å². The van der Waals surface area contributed by atoms with Crippen molar-refractivity contribution in [2.24, 2.45) is 9.98 Å². The van der Waals surface area contributed by atoms with Crippen molar-refractivity contribution in [3.05, 3.63) is 24.3 Å². The highest BCUT2D eigenvalue weighted by Crippen LogP contribution is 2.32. The minimum absolute atomic E-state index is 0.850. The lowest BCUT2D eigenvalue weighted by Gasteiger charge is -2.26. The Labute approximate surface area is 138 Å². The zero-order valence-electron chi connectivity index (χ0n) is 14.0. The van der Waals surface area contributed by atoms with Gasteiger partial charge in [-0.25, -0.2) is 9.98 Å². The molecule has 0 bridgehead atoms. The number of unbranched alkanes of at least 4 members (excludes halogenated alkanes) is 2. The Morgan fingerprint density at radius 3 is 2.14 bits per heavy atom.